The second-order valence-corrected chi connectivity index (χ2v) is 5.70. The van der Waals surface area contributed by atoms with Crippen molar-refractivity contribution in [2.24, 2.45) is 7.05 Å². The van der Waals surface area contributed by atoms with E-state index >= 15 is 0 Å². The van der Waals surface area contributed by atoms with E-state index in [4.69, 9.17) is 11.6 Å². The van der Waals surface area contributed by atoms with Crippen LogP contribution in [0.15, 0.2) is 6.20 Å². The van der Waals surface area contributed by atoms with Crippen LogP contribution in [0.25, 0.3) is 5.69 Å². The molecule has 0 aliphatic heterocycles. The van der Waals surface area contributed by atoms with E-state index in [2.05, 4.69) is 43.0 Å². The number of rotatable bonds is 2. The number of halogens is 1. The molecule has 2 rings (SSSR count). The Bertz CT molecular complexity index is 562. The highest BCUT2D eigenvalue weighted by atomic mass is 35.5. The van der Waals surface area contributed by atoms with Gasteiger partial charge in [-0.2, -0.15) is 5.10 Å². The van der Waals surface area contributed by atoms with Crippen molar-refractivity contribution in [2.75, 3.05) is 0 Å². The molecule has 2 aromatic rings. The monoisotopic (exact) mass is 267 g/mol. The van der Waals surface area contributed by atoms with Crippen LogP contribution in [-0.4, -0.2) is 24.5 Å². The van der Waals surface area contributed by atoms with E-state index in [0.29, 0.717) is 5.28 Å². The Balaban J connectivity index is 2.67. The molecule has 5 nitrogen and oxygen atoms in total. The van der Waals surface area contributed by atoms with Gasteiger partial charge in [0.1, 0.15) is 5.82 Å². The topological polar surface area (TPSA) is 48.5 Å². The van der Waals surface area contributed by atoms with Gasteiger partial charge in [-0.05, 0) is 18.0 Å². The highest BCUT2D eigenvalue weighted by Crippen LogP contribution is 2.27. The van der Waals surface area contributed by atoms with Gasteiger partial charge < -0.3 is 0 Å². The Hall–Kier alpha value is -1.36. The molecule has 2 aromatic heterocycles. The van der Waals surface area contributed by atoms with Crippen LogP contribution in [-0.2, 0) is 18.9 Å². The minimum Gasteiger partial charge on any atom is -0.273 e. The predicted molar refractivity (Wildman–Crippen MR) is 71.2 cm³/mol. The first-order valence-corrected chi connectivity index (χ1v) is 6.36. The molecule has 0 spiro atoms. The van der Waals surface area contributed by atoms with Crippen LogP contribution in [0.4, 0.5) is 0 Å². The zero-order valence-electron chi connectivity index (χ0n) is 11.4. The largest absolute Gasteiger partial charge is 0.273 e. The molecule has 0 saturated heterocycles. The van der Waals surface area contributed by atoms with Crippen molar-refractivity contribution >= 4 is 11.6 Å². The third kappa shape index (κ3) is 2.14. The van der Waals surface area contributed by atoms with Crippen LogP contribution in [0, 0.1) is 0 Å². The van der Waals surface area contributed by atoms with Crippen molar-refractivity contribution in [3.05, 3.63) is 23.0 Å². The first-order valence-electron chi connectivity index (χ1n) is 5.99. The van der Waals surface area contributed by atoms with Gasteiger partial charge in [0.2, 0.25) is 5.28 Å². The van der Waals surface area contributed by atoms with Crippen LogP contribution in [0.3, 0.4) is 0 Å². The quantitative estimate of drug-likeness (QED) is 0.840. The summed E-state index contributed by atoms with van der Waals surface area (Å²) in [6.07, 6.45) is 2.79. The van der Waals surface area contributed by atoms with Gasteiger partial charge in [0.05, 0.1) is 11.4 Å². The number of nitrogens with zero attached hydrogens (tertiary/aromatic N) is 5. The maximum atomic E-state index is 6.18. The molecule has 0 unspecified atom stereocenters. The molecule has 6 heteroatoms. The molecule has 0 atom stereocenters. The van der Waals surface area contributed by atoms with Crippen molar-refractivity contribution in [1.29, 1.82) is 0 Å². The van der Waals surface area contributed by atoms with E-state index < -0.39 is 0 Å². The third-order valence-corrected chi connectivity index (χ3v) is 3.00. The highest BCUT2D eigenvalue weighted by Gasteiger charge is 2.26. The van der Waals surface area contributed by atoms with E-state index in [0.717, 1.165) is 23.6 Å². The average molecular weight is 268 g/mol. The molecule has 0 aliphatic carbocycles. The fourth-order valence-electron chi connectivity index (χ4n) is 1.92. The summed E-state index contributed by atoms with van der Waals surface area (Å²) in [5.41, 5.74) is 1.82. The summed E-state index contributed by atoms with van der Waals surface area (Å²) in [5.74, 6) is 0.843. The Kier molecular flexibility index (Phi) is 3.19. The Morgan fingerprint density at radius 3 is 2.50 bits per heavy atom. The molecule has 0 aliphatic rings. The standard InChI is InChI=1S/C12H18ClN5/c1-6-8-9(7-17(5)16-8)18-10(12(2,3)4)14-15-11(18)13/h7H,6H2,1-5H3. The Morgan fingerprint density at radius 1 is 1.28 bits per heavy atom. The van der Waals surface area contributed by atoms with Gasteiger partial charge in [-0.25, -0.2) is 0 Å². The summed E-state index contributed by atoms with van der Waals surface area (Å²) in [6, 6.07) is 0. The summed E-state index contributed by atoms with van der Waals surface area (Å²) < 4.78 is 3.67. The Morgan fingerprint density at radius 2 is 1.94 bits per heavy atom. The van der Waals surface area contributed by atoms with Crippen LogP contribution in [0.2, 0.25) is 5.28 Å². The van der Waals surface area contributed by atoms with Gasteiger partial charge in [0, 0.05) is 18.7 Å². The lowest BCUT2D eigenvalue weighted by molar-refractivity contribution is 0.532. The van der Waals surface area contributed by atoms with Crippen molar-refractivity contribution in [1.82, 2.24) is 24.5 Å². The molecule has 2 heterocycles. The van der Waals surface area contributed by atoms with Gasteiger partial charge in [-0.1, -0.05) is 27.7 Å². The van der Waals surface area contributed by atoms with Gasteiger partial charge in [0.15, 0.2) is 0 Å². The molecule has 0 amide bonds. The first kappa shape index (κ1) is 13.1. The molecule has 0 fully saturated rings. The van der Waals surface area contributed by atoms with Crippen molar-refractivity contribution in [3.63, 3.8) is 0 Å². The lowest BCUT2D eigenvalue weighted by Gasteiger charge is -2.18. The molecule has 0 N–H and O–H groups in total. The van der Waals surface area contributed by atoms with Crippen molar-refractivity contribution in [2.45, 2.75) is 39.5 Å². The summed E-state index contributed by atoms with van der Waals surface area (Å²) >= 11 is 6.18. The van der Waals surface area contributed by atoms with E-state index in [1.807, 2.05) is 17.8 Å². The summed E-state index contributed by atoms with van der Waals surface area (Å²) in [4.78, 5) is 0. The summed E-state index contributed by atoms with van der Waals surface area (Å²) in [6.45, 7) is 8.34. The molecule has 0 bridgehead atoms. The summed E-state index contributed by atoms with van der Waals surface area (Å²) in [7, 11) is 1.90. The fraction of sp³-hybridized carbons (Fsp3) is 0.583. The molecular weight excluding hydrogens is 250 g/mol. The van der Waals surface area contributed by atoms with Crippen molar-refractivity contribution < 1.29 is 0 Å². The number of hydrogen-bond donors (Lipinski definition) is 0. The van der Waals surface area contributed by atoms with E-state index in [-0.39, 0.29) is 5.41 Å². The zero-order chi connectivity index (χ0) is 13.5. The maximum absolute atomic E-state index is 6.18. The lowest BCUT2D eigenvalue weighted by atomic mass is 9.95. The van der Waals surface area contributed by atoms with E-state index in [9.17, 15) is 0 Å². The van der Waals surface area contributed by atoms with Crippen LogP contribution >= 0.6 is 11.6 Å². The van der Waals surface area contributed by atoms with Crippen LogP contribution in [0.1, 0.15) is 39.2 Å². The zero-order valence-corrected chi connectivity index (χ0v) is 12.2. The predicted octanol–water partition coefficient (Wildman–Crippen LogP) is 2.51. The maximum Gasteiger partial charge on any atom is 0.229 e. The van der Waals surface area contributed by atoms with Gasteiger partial charge in [-0.15, -0.1) is 10.2 Å². The molecular formula is C12H18ClN5. The second-order valence-electron chi connectivity index (χ2n) is 5.37. The van der Waals surface area contributed by atoms with Crippen LogP contribution in [0.5, 0.6) is 0 Å². The van der Waals surface area contributed by atoms with Crippen molar-refractivity contribution in [3.8, 4) is 5.69 Å². The summed E-state index contributed by atoms with van der Waals surface area (Å²) in [5, 5.41) is 13.0. The fourth-order valence-corrected chi connectivity index (χ4v) is 2.13. The molecule has 98 valence electrons. The number of hydrogen-bond acceptors (Lipinski definition) is 3. The minimum atomic E-state index is -0.124. The second kappa shape index (κ2) is 4.39. The highest BCUT2D eigenvalue weighted by molar-refractivity contribution is 6.28. The molecule has 0 radical (unpaired) electrons. The van der Waals surface area contributed by atoms with E-state index in [1.54, 1.807) is 4.68 Å². The average Bonchev–Trinajstić information content (AvgIpc) is 2.80. The SMILES string of the molecule is CCc1nn(C)cc1-n1c(Cl)nnc1C(C)(C)C. The first-order chi connectivity index (χ1) is 8.34. The normalized spacial score (nSPS) is 12.1. The molecule has 0 saturated carbocycles. The minimum absolute atomic E-state index is 0.124. The van der Waals surface area contributed by atoms with Crippen LogP contribution < -0.4 is 0 Å². The molecule has 18 heavy (non-hydrogen) atoms. The number of aryl methyl sites for hydroxylation is 2. The van der Waals surface area contributed by atoms with Gasteiger partial charge in [0.25, 0.3) is 0 Å². The molecule has 0 aromatic carbocycles. The Labute approximate surface area is 112 Å². The lowest BCUT2D eigenvalue weighted by Crippen LogP contribution is -2.18. The van der Waals surface area contributed by atoms with Gasteiger partial charge >= 0.3 is 0 Å². The van der Waals surface area contributed by atoms with E-state index in [1.165, 1.54) is 0 Å². The van der Waals surface area contributed by atoms with Gasteiger partial charge in [-0.3, -0.25) is 9.25 Å². The number of aromatic nitrogens is 5. The third-order valence-electron chi connectivity index (χ3n) is 2.75. The smallest absolute Gasteiger partial charge is 0.229 e.